The van der Waals surface area contributed by atoms with E-state index in [1.165, 1.54) is 18.2 Å². The van der Waals surface area contributed by atoms with Crippen LogP contribution in [0.3, 0.4) is 0 Å². The molecule has 0 aliphatic rings. The number of benzene rings is 5. The zero-order chi connectivity index (χ0) is 39.8. The number of alkyl halides is 1. The normalized spacial score (nSPS) is 11.4. The molecule has 2 amide bonds. The number of carbonyl (C=O) groups is 2. The molecule has 20 heteroatoms. The quantitative estimate of drug-likeness (QED) is 0.0423. The number of azo groups is 1. The van der Waals surface area contributed by atoms with Gasteiger partial charge in [-0.1, -0.05) is 50.1 Å². The van der Waals surface area contributed by atoms with Crippen LogP contribution in [-0.2, 0) is 36.2 Å². The molecule has 0 heterocycles. The number of phenolic OH excluding ortho intramolecular Hbond substituents is 1. The number of fused-ring (bicyclic) bond motifs is 1. The molecule has 5 aromatic carbocycles. The van der Waals surface area contributed by atoms with E-state index in [4.69, 9.17) is 21.1 Å². The standard InChI is InChI=1S/C37H35ClN4O11S2.2Na/c1-2-3-4-8-23-13-15-25(16-14-23)53-30-12-6-5-11-28(30)41-42-36-32(55(49,50)51)20-27-31(54(46,47)48)18-17-29(35(27)37(36)45)40-34(44)22-52-26-10-7-9-24(19-26)39-33(43)21-38;;/h5-7,9-20,45H,2-4,8,21-22H2,1H3,(H,39,43)(H,40,44)(H,46,47,48)(H,49,50,51);;/q;2*+1/p-2. The number of aryl methyl sites for hydroxylation is 1. The predicted molar refractivity (Wildman–Crippen MR) is 202 cm³/mol. The number of rotatable bonds is 16. The van der Waals surface area contributed by atoms with Crippen molar-refractivity contribution in [3.8, 4) is 23.0 Å². The van der Waals surface area contributed by atoms with Crippen LogP contribution in [0, 0.1) is 0 Å². The number of aromatic hydroxyl groups is 1. The van der Waals surface area contributed by atoms with Crippen LogP contribution in [0.2, 0.25) is 0 Å². The Morgan fingerprint density at radius 2 is 1.49 bits per heavy atom. The van der Waals surface area contributed by atoms with E-state index < -0.39 is 70.7 Å². The molecule has 3 N–H and O–H groups in total. The largest absolute Gasteiger partial charge is 1.00 e. The van der Waals surface area contributed by atoms with Gasteiger partial charge in [-0.3, -0.25) is 9.59 Å². The van der Waals surface area contributed by atoms with Crippen molar-refractivity contribution in [2.24, 2.45) is 10.2 Å². The van der Waals surface area contributed by atoms with Crippen LogP contribution in [0.25, 0.3) is 10.8 Å². The van der Waals surface area contributed by atoms with E-state index >= 15 is 0 Å². The molecule has 57 heavy (non-hydrogen) atoms. The molecule has 0 aromatic heterocycles. The van der Waals surface area contributed by atoms with E-state index in [-0.39, 0.29) is 87.9 Å². The van der Waals surface area contributed by atoms with Gasteiger partial charge in [0.15, 0.2) is 18.1 Å². The molecule has 0 fully saturated rings. The number of nitrogens with zero attached hydrogens (tertiary/aromatic N) is 2. The van der Waals surface area contributed by atoms with Gasteiger partial charge in [-0.25, -0.2) is 16.8 Å². The Morgan fingerprint density at radius 3 is 2.16 bits per heavy atom. The number of anilines is 2. The summed E-state index contributed by atoms with van der Waals surface area (Å²) in [6, 6.07) is 22.0. The predicted octanol–water partition coefficient (Wildman–Crippen LogP) is 1.50. The molecule has 0 unspecified atom stereocenters. The van der Waals surface area contributed by atoms with Crippen molar-refractivity contribution in [1.82, 2.24) is 0 Å². The van der Waals surface area contributed by atoms with Crippen LogP contribution in [0.5, 0.6) is 23.0 Å². The Balaban J connectivity index is 0.00000435. The Kier molecular flexibility index (Phi) is 18.0. The Bertz CT molecular complexity index is 2490. The summed E-state index contributed by atoms with van der Waals surface area (Å²) in [5, 5.41) is 23.1. The fraction of sp³-hybridized carbons (Fsp3) is 0.189. The second-order valence-corrected chi connectivity index (χ2v) is 14.9. The van der Waals surface area contributed by atoms with Gasteiger partial charge < -0.3 is 34.3 Å². The Hall–Kier alpha value is -3.59. The fourth-order valence-corrected chi connectivity index (χ4v) is 6.76. The van der Waals surface area contributed by atoms with E-state index in [0.29, 0.717) is 17.5 Å². The molecule has 15 nitrogen and oxygen atoms in total. The van der Waals surface area contributed by atoms with Crippen molar-refractivity contribution in [2.75, 3.05) is 23.1 Å². The monoisotopic (exact) mass is 854 g/mol. The van der Waals surface area contributed by atoms with Gasteiger partial charge in [0, 0.05) is 17.1 Å². The van der Waals surface area contributed by atoms with Crippen LogP contribution in [-0.4, -0.2) is 55.3 Å². The molecule has 288 valence electrons. The molecule has 5 aromatic rings. The van der Waals surface area contributed by atoms with E-state index in [9.17, 15) is 40.6 Å². The van der Waals surface area contributed by atoms with Crippen LogP contribution < -0.4 is 79.2 Å². The van der Waals surface area contributed by atoms with Crippen molar-refractivity contribution >= 4 is 77.2 Å². The molecular formula is C37H33ClN4Na2O11S2. The number of phenols is 1. The van der Waals surface area contributed by atoms with Gasteiger partial charge in [-0.15, -0.1) is 21.8 Å². The van der Waals surface area contributed by atoms with E-state index in [1.807, 2.05) is 12.1 Å². The first-order chi connectivity index (χ1) is 26.2. The minimum Gasteiger partial charge on any atom is -0.744 e. The summed E-state index contributed by atoms with van der Waals surface area (Å²) in [4.78, 5) is 22.5. The van der Waals surface area contributed by atoms with E-state index in [1.54, 1.807) is 42.5 Å². The van der Waals surface area contributed by atoms with Crippen molar-refractivity contribution in [3.05, 3.63) is 96.6 Å². The number of hydrogen-bond acceptors (Lipinski definition) is 13. The smallest absolute Gasteiger partial charge is 0.744 e. The van der Waals surface area contributed by atoms with E-state index in [0.717, 1.165) is 43.4 Å². The Labute approximate surface area is 378 Å². The van der Waals surface area contributed by atoms with Gasteiger partial charge in [0.1, 0.15) is 49.0 Å². The van der Waals surface area contributed by atoms with Gasteiger partial charge >= 0.3 is 59.1 Å². The van der Waals surface area contributed by atoms with Crippen molar-refractivity contribution in [3.63, 3.8) is 0 Å². The number of halogens is 1. The molecule has 0 radical (unpaired) electrons. The average Bonchev–Trinajstić information content (AvgIpc) is 3.14. The number of nitrogens with one attached hydrogen (secondary N) is 2. The number of ether oxygens (including phenoxy) is 2. The molecule has 0 aliphatic heterocycles. The number of para-hydroxylation sites is 1. The maximum atomic E-state index is 13.0. The molecule has 0 bridgehead atoms. The van der Waals surface area contributed by atoms with Crippen LogP contribution in [0.15, 0.2) is 111 Å². The first kappa shape index (κ1) is 47.8. The maximum Gasteiger partial charge on any atom is 1.00 e. The number of carbonyl (C=O) groups excluding carboxylic acids is 2. The minimum atomic E-state index is -5.51. The summed E-state index contributed by atoms with van der Waals surface area (Å²) < 4.78 is 85.6. The number of amides is 2. The third-order valence-corrected chi connectivity index (χ3v) is 9.93. The second kappa shape index (κ2) is 21.4. The van der Waals surface area contributed by atoms with Gasteiger partial charge in [-0.2, -0.15) is 0 Å². The molecule has 0 saturated carbocycles. The summed E-state index contributed by atoms with van der Waals surface area (Å²) >= 11 is 5.52. The molecule has 5 rings (SSSR count). The zero-order valence-corrected chi connectivity index (χ0v) is 37.4. The second-order valence-electron chi connectivity index (χ2n) is 11.9. The minimum absolute atomic E-state index is 0. The molecule has 0 atom stereocenters. The zero-order valence-electron chi connectivity index (χ0n) is 31.0. The van der Waals surface area contributed by atoms with Gasteiger partial charge in [0.05, 0.1) is 20.9 Å². The van der Waals surface area contributed by atoms with Crippen molar-refractivity contribution < 1.29 is 109 Å². The summed E-state index contributed by atoms with van der Waals surface area (Å²) in [5.41, 5.74) is 0.307. The molecule has 0 saturated heterocycles. The number of hydrogen-bond donors (Lipinski definition) is 3. The summed E-state index contributed by atoms with van der Waals surface area (Å²) in [6.45, 7) is 1.48. The summed E-state index contributed by atoms with van der Waals surface area (Å²) in [7, 11) is -10.8. The van der Waals surface area contributed by atoms with Crippen molar-refractivity contribution in [1.29, 1.82) is 0 Å². The van der Waals surface area contributed by atoms with Crippen LogP contribution in [0.4, 0.5) is 22.7 Å². The van der Waals surface area contributed by atoms with Gasteiger partial charge in [0.2, 0.25) is 5.91 Å². The topological polar surface area (TPSA) is 236 Å². The SMILES string of the molecule is CCCCCc1ccc(Oc2ccccc2N=Nc2c(S(=O)(=O)[O-])cc3c(S(=O)(=O)[O-])ccc(NC(=O)COc4cccc(NC(=O)CCl)c4)c3c2O)cc1.[Na+].[Na+]. The van der Waals surface area contributed by atoms with Crippen LogP contribution in [0.1, 0.15) is 31.7 Å². The maximum absolute atomic E-state index is 13.0. The molecule has 0 spiro atoms. The van der Waals surface area contributed by atoms with Gasteiger partial charge in [-0.05, 0) is 73.0 Å². The Morgan fingerprint density at radius 1 is 0.789 bits per heavy atom. The third kappa shape index (κ3) is 13.0. The molecule has 0 aliphatic carbocycles. The van der Waals surface area contributed by atoms with Crippen LogP contribution >= 0.6 is 11.6 Å². The van der Waals surface area contributed by atoms with Crippen molar-refractivity contribution in [2.45, 2.75) is 42.4 Å². The van der Waals surface area contributed by atoms with Gasteiger partial charge in [0.25, 0.3) is 5.91 Å². The first-order valence-corrected chi connectivity index (χ1v) is 19.9. The van der Waals surface area contributed by atoms with E-state index in [2.05, 4.69) is 27.8 Å². The first-order valence-electron chi connectivity index (χ1n) is 16.6. The number of unbranched alkanes of at least 4 members (excludes halogenated alkanes) is 2. The average molecular weight is 855 g/mol. The third-order valence-electron chi connectivity index (χ3n) is 7.94. The summed E-state index contributed by atoms with van der Waals surface area (Å²) in [6.07, 6.45) is 4.16. The molecular weight excluding hydrogens is 822 g/mol. The fourth-order valence-electron chi connectivity index (χ4n) is 5.40. The summed E-state index contributed by atoms with van der Waals surface area (Å²) in [5.74, 6) is -1.90.